The highest BCUT2D eigenvalue weighted by Gasteiger charge is 2.50. The first-order valence-electron chi connectivity index (χ1n) is 11.6. The van der Waals surface area contributed by atoms with Crippen LogP contribution in [-0.4, -0.2) is 83.5 Å². The molecule has 3 unspecified atom stereocenters. The fourth-order valence-corrected chi connectivity index (χ4v) is 6.11. The summed E-state index contributed by atoms with van der Waals surface area (Å²) in [6.07, 6.45) is 0.742. The lowest BCUT2D eigenvalue weighted by Crippen LogP contribution is -2.51. The van der Waals surface area contributed by atoms with Crippen LogP contribution in [0.5, 0.6) is 5.75 Å². The molecule has 1 aromatic carbocycles. The Morgan fingerprint density at radius 2 is 1.74 bits per heavy atom. The van der Waals surface area contributed by atoms with E-state index in [4.69, 9.17) is 10.5 Å². The summed E-state index contributed by atoms with van der Waals surface area (Å²) in [5.74, 6) is -4.12. The van der Waals surface area contributed by atoms with E-state index in [0.29, 0.717) is 39.1 Å². The van der Waals surface area contributed by atoms with Crippen LogP contribution in [0.3, 0.4) is 0 Å². The van der Waals surface area contributed by atoms with Gasteiger partial charge in [-0.15, -0.1) is 0 Å². The molecule has 3 aliphatic carbocycles. The highest BCUT2D eigenvalue weighted by molar-refractivity contribution is 6.22. The average Bonchev–Trinajstić information content (AvgIpc) is 2.78. The molecule has 5 rings (SSSR count). The second-order valence-corrected chi connectivity index (χ2v) is 9.69. The van der Waals surface area contributed by atoms with Gasteiger partial charge in [-0.1, -0.05) is 0 Å². The number of carbonyl (C=O) groups excluding carboxylic acids is 2. The zero-order valence-electron chi connectivity index (χ0n) is 19.6. The van der Waals surface area contributed by atoms with Crippen molar-refractivity contribution in [2.45, 2.75) is 18.9 Å². The molecule has 1 fully saturated rings. The highest BCUT2D eigenvalue weighted by Crippen LogP contribution is 2.52. The number of ether oxygens (including phenoxy) is 1. The van der Waals surface area contributed by atoms with E-state index >= 15 is 0 Å². The summed E-state index contributed by atoms with van der Waals surface area (Å²) in [6.45, 7) is 2.48. The molecule has 1 saturated heterocycles. The molecule has 0 saturated carbocycles. The number of hydrogen-bond acceptors (Lipinski definition) is 9. The third-order valence-electron chi connectivity index (χ3n) is 7.58. The molecule has 35 heavy (non-hydrogen) atoms. The number of anilines is 1. The van der Waals surface area contributed by atoms with Gasteiger partial charge in [0.05, 0.1) is 24.8 Å². The minimum Gasteiger partial charge on any atom is -0.507 e. The molecule has 1 aliphatic heterocycles. The number of allylic oxidation sites excluding steroid dienone is 2. The van der Waals surface area contributed by atoms with Crippen molar-refractivity contribution in [3.8, 4) is 5.75 Å². The number of amides is 1. The molecule has 6 N–H and O–H groups in total. The minimum atomic E-state index is -1.08. The maximum absolute atomic E-state index is 13.1. The number of hydrogen-bond donors (Lipinski definition) is 5. The summed E-state index contributed by atoms with van der Waals surface area (Å²) in [4.78, 5) is 28.9. The highest BCUT2D eigenvalue weighted by atomic mass is 16.5. The quantitative estimate of drug-likeness (QED) is 0.400. The number of fused-ring (bicyclic) bond motifs is 3. The lowest BCUT2D eigenvalue weighted by atomic mass is 9.64. The van der Waals surface area contributed by atoms with Crippen LogP contribution < -0.4 is 10.6 Å². The molecular formula is C25H29N3O7. The molecule has 0 radical (unpaired) electrons. The van der Waals surface area contributed by atoms with Crippen LogP contribution in [0.1, 0.15) is 17.5 Å². The molecule has 3 atom stereocenters. The monoisotopic (exact) mass is 483 g/mol. The predicted octanol–water partition coefficient (Wildman–Crippen LogP) is 1.31. The predicted molar refractivity (Wildman–Crippen MR) is 127 cm³/mol. The van der Waals surface area contributed by atoms with Crippen LogP contribution >= 0.6 is 0 Å². The molecule has 1 heterocycles. The molecule has 0 bridgehead atoms. The van der Waals surface area contributed by atoms with Crippen molar-refractivity contribution in [1.29, 1.82) is 0 Å². The van der Waals surface area contributed by atoms with Crippen LogP contribution in [-0.2, 0) is 20.7 Å². The summed E-state index contributed by atoms with van der Waals surface area (Å²) < 4.78 is 5.46. The third kappa shape index (κ3) is 3.39. The van der Waals surface area contributed by atoms with Crippen molar-refractivity contribution in [2.24, 2.45) is 17.6 Å². The summed E-state index contributed by atoms with van der Waals surface area (Å²) in [6, 6.07) is 2.52. The molecule has 1 aromatic rings. The average molecular weight is 484 g/mol. The van der Waals surface area contributed by atoms with E-state index in [1.54, 1.807) is 19.0 Å². The number of phenolic OH excluding ortho intramolecular Hbond substituents is 1. The number of ketones is 1. The van der Waals surface area contributed by atoms with Crippen LogP contribution in [0.15, 0.2) is 40.4 Å². The first-order chi connectivity index (χ1) is 16.6. The van der Waals surface area contributed by atoms with Gasteiger partial charge >= 0.3 is 0 Å². The van der Waals surface area contributed by atoms with Gasteiger partial charge in [0, 0.05) is 35.8 Å². The zero-order chi connectivity index (χ0) is 25.2. The number of aromatic hydroxyl groups is 1. The Balaban J connectivity index is 1.72. The number of phenols is 1. The maximum atomic E-state index is 13.1. The van der Waals surface area contributed by atoms with E-state index in [1.807, 2.05) is 6.07 Å². The topological polar surface area (TPSA) is 157 Å². The largest absolute Gasteiger partial charge is 0.507 e. The van der Waals surface area contributed by atoms with Crippen LogP contribution in [0, 0.1) is 11.8 Å². The standard InChI is InChI=1S/C25H29N3O7/c1-27(2)20-13-10-11-9-12-14(28-5-7-35-8-6-28)3-4-15(29)17(12)21(30)16(11)22(31)18(13)23(32)19(24(20)33)25(26)34/h3-4,11,13,20,29-32H,5-10H2,1-2H3,(H2,26,34). The van der Waals surface area contributed by atoms with Gasteiger partial charge in [0.25, 0.3) is 5.91 Å². The Morgan fingerprint density at radius 1 is 1.06 bits per heavy atom. The second-order valence-electron chi connectivity index (χ2n) is 9.69. The van der Waals surface area contributed by atoms with Gasteiger partial charge in [0.1, 0.15) is 28.6 Å². The van der Waals surface area contributed by atoms with Crippen LogP contribution in [0.4, 0.5) is 5.69 Å². The fourth-order valence-electron chi connectivity index (χ4n) is 6.11. The molecule has 0 aromatic heterocycles. The van der Waals surface area contributed by atoms with Crippen LogP contribution in [0.25, 0.3) is 5.76 Å². The smallest absolute Gasteiger partial charge is 0.256 e. The first-order valence-corrected chi connectivity index (χ1v) is 11.6. The number of rotatable bonds is 3. The molecule has 1 amide bonds. The SMILES string of the molecule is CN(C)C1C(=O)C(C(N)=O)=C(O)C2=C(O)C3=C(O)c4c(O)ccc(N5CCOCC5)c4CC3CC21. The van der Waals surface area contributed by atoms with Gasteiger partial charge < -0.3 is 35.8 Å². The molecule has 10 heteroatoms. The number of carbonyl (C=O) groups is 2. The number of nitrogens with zero attached hydrogens (tertiary/aromatic N) is 2. The first kappa shape index (κ1) is 23.3. The number of aliphatic hydroxyl groups is 3. The van der Waals surface area contributed by atoms with Crippen molar-refractivity contribution in [3.63, 3.8) is 0 Å². The van der Waals surface area contributed by atoms with Crippen molar-refractivity contribution in [1.82, 2.24) is 4.90 Å². The van der Waals surface area contributed by atoms with Crippen LogP contribution in [0.2, 0.25) is 0 Å². The normalized spacial score (nSPS) is 26.7. The number of aliphatic hydroxyl groups excluding tert-OH is 3. The van der Waals surface area contributed by atoms with E-state index in [1.165, 1.54) is 6.07 Å². The van der Waals surface area contributed by atoms with E-state index < -0.39 is 35.0 Å². The molecule has 10 nitrogen and oxygen atoms in total. The zero-order valence-corrected chi connectivity index (χ0v) is 19.6. The number of likely N-dealkylation sites (N-methyl/N-ethyl adjacent to an activating group) is 1. The van der Waals surface area contributed by atoms with Crippen molar-refractivity contribution < 1.29 is 34.8 Å². The molecule has 186 valence electrons. The minimum absolute atomic E-state index is 0.0159. The summed E-state index contributed by atoms with van der Waals surface area (Å²) in [7, 11) is 3.37. The Labute approximate surface area is 202 Å². The van der Waals surface area contributed by atoms with Gasteiger partial charge in [-0.3, -0.25) is 14.5 Å². The van der Waals surface area contributed by atoms with E-state index in [0.717, 1.165) is 11.3 Å². The summed E-state index contributed by atoms with van der Waals surface area (Å²) in [5.41, 5.74) is 6.91. The van der Waals surface area contributed by atoms with Crippen molar-refractivity contribution in [2.75, 3.05) is 45.3 Å². The number of primary amides is 1. The van der Waals surface area contributed by atoms with Crippen molar-refractivity contribution in [3.05, 3.63) is 51.5 Å². The number of nitrogens with two attached hydrogens (primary N) is 1. The Hall–Kier alpha value is -3.50. The molecule has 0 spiro atoms. The fraction of sp³-hybridized carbons (Fsp3) is 0.440. The number of Topliss-reactive ketones (excluding diaryl/α,β-unsaturated/α-hetero) is 1. The van der Waals surface area contributed by atoms with Gasteiger partial charge in [-0.25, -0.2) is 0 Å². The summed E-state index contributed by atoms with van der Waals surface area (Å²) >= 11 is 0. The van der Waals surface area contributed by atoms with Gasteiger partial charge in [0.15, 0.2) is 5.78 Å². The van der Waals surface area contributed by atoms with Gasteiger partial charge in [0.2, 0.25) is 0 Å². The van der Waals surface area contributed by atoms with Gasteiger partial charge in [-0.2, -0.15) is 0 Å². The Bertz CT molecular complexity index is 1220. The van der Waals surface area contributed by atoms with E-state index in [2.05, 4.69) is 4.90 Å². The number of benzene rings is 1. The van der Waals surface area contributed by atoms with Gasteiger partial charge in [-0.05, 0) is 50.6 Å². The lowest BCUT2D eigenvalue weighted by Gasteiger charge is -2.44. The Morgan fingerprint density at radius 3 is 2.37 bits per heavy atom. The molecule has 4 aliphatic rings. The van der Waals surface area contributed by atoms with E-state index in [9.17, 15) is 30.0 Å². The van der Waals surface area contributed by atoms with E-state index in [-0.39, 0.29) is 39.9 Å². The molecular weight excluding hydrogens is 454 g/mol. The van der Waals surface area contributed by atoms with Crippen molar-refractivity contribution >= 4 is 23.1 Å². The Kier molecular flexibility index (Phi) is 5.52. The number of morpholine rings is 1. The summed E-state index contributed by atoms with van der Waals surface area (Å²) in [5, 5.41) is 44.2. The maximum Gasteiger partial charge on any atom is 0.256 e. The lowest BCUT2D eigenvalue weighted by molar-refractivity contribution is -0.125. The second kappa shape index (κ2) is 8.31. The third-order valence-corrected chi connectivity index (χ3v) is 7.58.